The Morgan fingerprint density at radius 2 is 0.762 bits per heavy atom. The van der Waals surface area contributed by atoms with E-state index in [4.69, 9.17) is 47.7 Å². The van der Waals surface area contributed by atoms with Gasteiger partial charge < -0.3 is 47.7 Å². The van der Waals surface area contributed by atoms with Crippen molar-refractivity contribution in [3.05, 3.63) is 0 Å². The van der Waals surface area contributed by atoms with Crippen molar-refractivity contribution in [3.63, 3.8) is 0 Å². The molecule has 0 amide bonds. The van der Waals surface area contributed by atoms with Crippen molar-refractivity contribution < 1.29 is 62.1 Å². The van der Waals surface area contributed by atoms with Crippen molar-refractivity contribution >= 4 is 17.7 Å². The SMILES string of the molecule is CCCCCCCCOCCOCCOCCOCCOCCOCCOCCOCCOC(=O)CCC(=O)C(=O)O. The molecular weight excluding hydrogens is 556 g/mol. The number of esters is 1. The Morgan fingerprint density at radius 1 is 0.429 bits per heavy atom. The van der Waals surface area contributed by atoms with Crippen molar-refractivity contribution in [3.8, 4) is 0 Å². The molecule has 0 saturated heterocycles. The second kappa shape index (κ2) is 33.8. The summed E-state index contributed by atoms with van der Waals surface area (Å²) in [5, 5.41) is 8.43. The highest BCUT2D eigenvalue weighted by Gasteiger charge is 2.14. The van der Waals surface area contributed by atoms with Crippen LogP contribution in [0.2, 0.25) is 0 Å². The number of hydrogen-bond acceptors (Lipinski definition) is 12. The first kappa shape index (κ1) is 40.3. The molecule has 0 aromatic heterocycles. The summed E-state index contributed by atoms with van der Waals surface area (Å²) in [4.78, 5) is 32.6. The first-order valence-electron chi connectivity index (χ1n) is 15.1. The summed E-state index contributed by atoms with van der Waals surface area (Å²) >= 11 is 0. The molecule has 0 unspecified atom stereocenters. The van der Waals surface area contributed by atoms with Crippen LogP contribution in [0, 0.1) is 0 Å². The number of carboxylic acids is 1. The van der Waals surface area contributed by atoms with Crippen molar-refractivity contribution in [1.82, 2.24) is 0 Å². The predicted molar refractivity (Wildman–Crippen MR) is 153 cm³/mol. The summed E-state index contributed by atoms with van der Waals surface area (Å²) in [7, 11) is 0. The average Bonchev–Trinajstić information content (AvgIpc) is 2.98. The topological polar surface area (TPSA) is 155 Å². The van der Waals surface area contributed by atoms with Gasteiger partial charge in [0.05, 0.1) is 106 Å². The molecule has 0 spiro atoms. The zero-order chi connectivity index (χ0) is 30.8. The van der Waals surface area contributed by atoms with Crippen LogP contribution in [0.1, 0.15) is 58.3 Å². The minimum absolute atomic E-state index is 0.0213. The minimum Gasteiger partial charge on any atom is -0.476 e. The van der Waals surface area contributed by atoms with Crippen molar-refractivity contribution in [2.24, 2.45) is 0 Å². The van der Waals surface area contributed by atoms with Gasteiger partial charge in [-0.05, 0) is 6.42 Å². The van der Waals surface area contributed by atoms with Gasteiger partial charge in [0.15, 0.2) is 0 Å². The fourth-order valence-corrected chi connectivity index (χ4v) is 3.24. The Bertz CT molecular complexity index is 618. The number of ketones is 1. The van der Waals surface area contributed by atoms with Crippen LogP contribution < -0.4 is 0 Å². The van der Waals surface area contributed by atoms with E-state index in [9.17, 15) is 14.4 Å². The van der Waals surface area contributed by atoms with Crippen molar-refractivity contribution in [1.29, 1.82) is 0 Å². The molecule has 0 heterocycles. The van der Waals surface area contributed by atoms with E-state index in [1.54, 1.807) is 0 Å². The van der Waals surface area contributed by atoms with E-state index in [-0.39, 0.29) is 26.1 Å². The number of carbonyl (C=O) groups is 3. The summed E-state index contributed by atoms with van der Waals surface area (Å²) in [5.74, 6) is -3.22. The fraction of sp³-hybridized carbons (Fsp3) is 0.897. The highest BCUT2D eigenvalue weighted by molar-refractivity contribution is 6.32. The molecule has 13 heteroatoms. The van der Waals surface area contributed by atoms with Gasteiger partial charge in [0.1, 0.15) is 6.61 Å². The predicted octanol–water partition coefficient (Wildman–Crippen LogP) is 2.46. The molecule has 0 atom stereocenters. The first-order valence-corrected chi connectivity index (χ1v) is 15.1. The van der Waals surface area contributed by atoms with Gasteiger partial charge in [-0.15, -0.1) is 0 Å². The van der Waals surface area contributed by atoms with Gasteiger partial charge in [-0.1, -0.05) is 39.0 Å². The number of carbonyl (C=O) groups excluding carboxylic acids is 2. The lowest BCUT2D eigenvalue weighted by Crippen LogP contribution is -2.17. The summed E-state index contributed by atoms with van der Waals surface area (Å²) in [6, 6.07) is 0. The molecule has 0 bridgehead atoms. The average molecular weight is 611 g/mol. The van der Waals surface area contributed by atoms with Crippen molar-refractivity contribution in [2.75, 3.05) is 112 Å². The van der Waals surface area contributed by atoms with Gasteiger partial charge >= 0.3 is 11.9 Å². The Hall–Kier alpha value is -1.71. The van der Waals surface area contributed by atoms with Crippen LogP contribution in [0.5, 0.6) is 0 Å². The molecule has 248 valence electrons. The monoisotopic (exact) mass is 610 g/mol. The first-order chi connectivity index (χ1) is 20.6. The third kappa shape index (κ3) is 32.8. The number of aliphatic carboxylic acids is 1. The Morgan fingerprint density at radius 3 is 1.14 bits per heavy atom. The normalized spacial score (nSPS) is 11.2. The summed E-state index contributed by atoms with van der Waals surface area (Å²) in [6.07, 6.45) is 6.96. The minimum atomic E-state index is -1.56. The number of unbranched alkanes of at least 4 members (excludes halogenated alkanes) is 5. The van der Waals surface area contributed by atoms with E-state index >= 15 is 0 Å². The van der Waals surface area contributed by atoms with E-state index in [0.717, 1.165) is 13.0 Å². The zero-order valence-corrected chi connectivity index (χ0v) is 25.5. The van der Waals surface area contributed by atoms with E-state index in [1.165, 1.54) is 32.1 Å². The van der Waals surface area contributed by atoms with Gasteiger partial charge in [-0.2, -0.15) is 0 Å². The lowest BCUT2D eigenvalue weighted by molar-refractivity contribution is -0.151. The smallest absolute Gasteiger partial charge is 0.372 e. The summed E-state index contributed by atoms with van der Waals surface area (Å²) < 4.78 is 48.3. The molecule has 0 aliphatic heterocycles. The van der Waals surface area contributed by atoms with Crippen LogP contribution in [-0.2, 0) is 57.0 Å². The van der Waals surface area contributed by atoms with Crippen LogP contribution >= 0.6 is 0 Å². The maximum absolute atomic E-state index is 11.3. The van der Waals surface area contributed by atoms with Gasteiger partial charge in [-0.3, -0.25) is 9.59 Å². The molecule has 0 aromatic carbocycles. The molecule has 1 N–H and O–H groups in total. The Labute approximate surface area is 250 Å². The molecule has 0 radical (unpaired) electrons. The van der Waals surface area contributed by atoms with E-state index in [0.29, 0.717) is 92.5 Å². The second-order valence-corrected chi connectivity index (χ2v) is 9.12. The van der Waals surface area contributed by atoms with Gasteiger partial charge in [0.2, 0.25) is 5.78 Å². The van der Waals surface area contributed by atoms with Crippen molar-refractivity contribution in [2.45, 2.75) is 58.3 Å². The molecule has 0 rings (SSSR count). The van der Waals surface area contributed by atoms with Gasteiger partial charge in [0.25, 0.3) is 0 Å². The van der Waals surface area contributed by atoms with Crippen LogP contribution in [0.15, 0.2) is 0 Å². The second-order valence-electron chi connectivity index (χ2n) is 9.12. The lowest BCUT2D eigenvalue weighted by Gasteiger charge is -2.09. The number of ether oxygens (including phenoxy) is 9. The Kier molecular flexibility index (Phi) is 32.4. The number of carboxylic acid groups (broad SMARTS) is 1. The standard InChI is InChI=1S/C29H54O13/c1-2-3-4-5-6-7-10-34-11-12-35-13-14-36-15-16-37-17-18-38-19-20-39-21-22-40-23-24-41-25-26-42-28(31)9-8-27(30)29(32)33/h2-26H2,1H3,(H,32,33). The largest absolute Gasteiger partial charge is 0.476 e. The van der Waals surface area contributed by atoms with Gasteiger partial charge in [-0.25, -0.2) is 4.79 Å². The molecule has 0 aromatic rings. The van der Waals surface area contributed by atoms with Gasteiger partial charge in [0, 0.05) is 13.0 Å². The van der Waals surface area contributed by atoms with E-state index < -0.39 is 17.7 Å². The molecular formula is C29H54O13. The summed E-state index contributed by atoms with van der Waals surface area (Å²) in [6.45, 7) is 9.98. The van der Waals surface area contributed by atoms with Crippen LogP contribution in [0.3, 0.4) is 0 Å². The van der Waals surface area contributed by atoms with E-state index in [1.807, 2.05) is 0 Å². The van der Waals surface area contributed by atoms with Crippen LogP contribution in [0.25, 0.3) is 0 Å². The fourth-order valence-electron chi connectivity index (χ4n) is 3.24. The zero-order valence-electron chi connectivity index (χ0n) is 25.5. The van der Waals surface area contributed by atoms with E-state index in [2.05, 4.69) is 6.92 Å². The third-order valence-electron chi connectivity index (χ3n) is 5.53. The third-order valence-corrected chi connectivity index (χ3v) is 5.53. The molecule has 13 nitrogen and oxygen atoms in total. The number of Topliss-reactive ketones (excluding diaryl/α,β-unsaturated/α-hetero) is 1. The Balaban J connectivity index is 3.12. The van der Waals surface area contributed by atoms with Crippen LogP contribution in [0.4, 0.5) is 0 Å². The molecule has 0 aliphatic rings. The lowest BCUT2D eigenvalue weighted by atomic mass is 10.1. The maximum Gasteiger partial charge on any atom is 0.372 e. The molecule has 42 heavy (non-hydrogen) atoms. The molecule has 0 saturated carbocycles. The number of hydrogen-bond donors (Lipinski definition) is 1. The summed E-state index contributed by atoms with van der Waals surface area (Å²) in [5.41, 5.74) is 0. The maximum atomic E-state index is 11.3. The van der Waals surface area contributed by atoms with Crippen LogP contribution in [-0.4, -0.2) is 135 Å². The molecule has 0 aliphatic carbocycles. The molecule has 0 fully saturated rings. The number of rotatable bonds is 35. The highest BCUT2D eigenvalue weighted by atomic mass is 16.6. The quantitative estimate of drug-likeness (QED) is 0.0635. The highest BCUT2D eigenvalue weighted by Crippen LogP contribution is 2.04.